The van der Waals surface area contributed by atoms with Gasteiger partial charge in [-0.15, -0.1) is 0 Å². The molecule has 0 heterocycles. The number of hydrogen-bond acceptors (Lipinski definition) is 4. The Bertz CT molecular complexity index is 816. The summed E-state index contributed by atoms with van der Waals surface area (Å²) in [5.41, 5.74) is 4.17. The van der Waals surface area contributed by atoms with Crippen LogP contribution in [0.4, 0.5) is 4.39 Å². The number of nitrogens with one attached hydrogen (secondary N) is 1. The third kappa shape index (κ3) is 2.82. The number of methoxy groups -OCH3 is 1. The summed E-state index contributed by atoms with van der Waals surface area (Å²) >= 11 is 0. The number of ether oxygens (including phenoxy) is 1. The van der Waals surface area contributed by atoms with Crippen molar-refractivity contribution in [3.05, 3.63) is 58.9 Å². The van der Waals surface area contributed by atoms with Crippen LogP contribution in [0.1, 0.15) is 40.7 Å². The number of hydrogen-bond donors (Lipinski definition) is 2. The van der Waals surface area contributed by atoms with Crippen molar-refractivity contribution in [2.24, 2.45) is 5.10 Å². The molecule has 0 fully saturated rings. The molecule has 1 aliphatic carbocycles. The van der Waals surface area contributed by atoms with Crippen LogP contribution in [0, 0.1) is 5.82 Å². The van der Waals surface area contributed by atoms with Crippen LogP contribution in [0.2, 0.25) is 0 Å². The number of phenols is 1. The molecule has 0 radical (unpaired) electrons. The molecule has 0 saturated heterocycles. The predicted molar refractivity (Wildman–Crippen MR) is 88.1 cm³/mol. The smallest absolute Gasteiger partial charge is 0.271 e. The Morgan fingerprint density at radius 2 is 2.00 bits per heavy atom. The van der Waals surface area contributed by atoms with Gasteiger partial charge in [0.15, 0.2) is 0 Å². The molecule has 1 atom stereocenters. The molecule has 0 unspecified atom stereocenters. The number of benzene rings is 2. The average Bonchev–Trinajstić information content (AvgIpc) is 2.94. The molecular weight excluding hydrogens is 311 g/mol. The lowest BCUT2D eigenvalue weighted by molar-refractivity contribution is 0.0954. The molecule has 3 rings (SSSR count). The largest absolute Gasteiger partial charge is 0.507 e. The lowest BCUT2D eigenvalue weighted by Gasteiger charge is -2.06. The van der Waals surface area contributed by atoms with Crippen LogP contribution in [0.5, 0.6) is 11.5 Å². The van der Waals surface area contributed by atoms with Crippen molar-refractivity contribution in [3.8, 4) is 11.5 Å². The minimum absolute atomic E-state index is 0.0341. The number of nitrogens with zero attached hydrogens (tertiary/aromatic N) is 1. The van der Waals surface area contributed by atoms with Gasteiger partial charge < -0.3 is 9.84 Å². The topological polar surface area (TPSA) is 70.9 Å². The van der Waals surface area contributed by atoms with Crippen molar-refractivity contribution < 1.29 is 19.0 Å². The second kappa shape index (κ2) is 6.31. The van der Waals surface area contributed by atoms with Crippen LogP contribution in [-0.2, 0) is 0 Å². The number of amides is 1. The van der Waals surface area contributed by atoms with Crippen LogP contribution in [0.15, 0.2) is 41.5 Å². The van der Waals surface area contributed by atoms with Crippen LogP contribution in [0.3, 0.4) is 0 Å². The molecule has 0 saturated carbocycles. The Kier molecular flexibility index (Phi) is 4.20. The van der Waals surface area contributed by atoms with Crippen LogP contribution >= 0.6 is 0 Å². The fourth-order valence-electron chi connectivity index (χ4n) is 2.89. The van der Waals surface area contributed by atoms with E-state index in [-0.39, 0.29) is 23.4 Å². The molecule has 5 nitrogen and oxygen atoms in total. The van der Waals surface area contributed by atoms with Gasteiger partial charge in [-0.05, 0) is 48.7 Å². The van der Waals surface area contributed by atoms with Crippen molar-refractivity contribution in [1.29, 1.82) is 0 Å². The Hall–Kier alpha value is -2.89. The maximum atomic E-state index is 14.0. The third-order valence-electron chi connectivity index (χ3n) is 4.10. The van der Waals surface area contributed by atoms with E-state index in [1.54, 1.807) is 31.4 Å². The Morgan fingerprint density at radius 1 is 1.29 bits per heavy atom. The average molecular weight is 328 g/mol. The van der Waals surface area contributed by atoms with Gasteiger partial charge in [0.1, 0.15) is 17.3 Å². The molecule has 1 amide bonds. The van der Waals surface area contributed by atoms with Crippen molar-refractivity contribution in [2.75, 3.05) is 7.11 Å². The molecule has 0 bridgehead atoms. The minimum atomic E-state index is -0.387. The van der Waals surface area contributed by atoms with Gasteiger partial charge in [-0.3, -0.25) is 4.79 Å². The van der Waals surface area contributed by atoms with E-state index in [1.807, 2.05) is 6.92 Å². The predicted octanol–water partition coefficient (Wildman–Crippen LogP) is 3.18. The molecule has 2 aromatic rings. The van der Waals surface area contributed by atoms with Gasteiger partial charge in [-0.25, -0.2) is 9.82 Å². The Labute approximate surface area is 138 Å². The number of halogens is 1. The Morgan fingerprint density at radius 3 is 2.67 bits per heavy atom. The standard InChI is InChI=1S/C18H17FN2O3/c1-10-9-14(17-15(22)8-7-13(19)16(10)17)20-21-18(23)11-3-5-12(24-2)6-4-11/h3-8,10,22H,9H2,1-2H3,(H,21,23)/b20-14+/t10-/m0/s1. The van der Waals surface area contributed by atoms with Gasteiger partial charge >= 0.3 is 0 Å². The normalized spacial score (nSPS) is 17.6. The lowest BCUT2D eigenvalue weighted by Crippen LogP contribution is -2.19. The highest BCUT2D eigenvalue weighted by Crippen LogP contribution is 2.39. The van der Waals surface area contributed by atoms with Gasteiger partial charge in [-0.1, -0.05) is 6.92 Å². The number of carbonyl (C=O) groups is 1. The summed E-state index contributed by atoms with van der Waals surface area (Å²) in [6.07, 6.45) is 0.451. The monoisotopic (exact) mass is 328 g/mol. The molecule has 0 aromatic heterocycles. The number of hydrazone groups is 1. The molecule has 2 N–H and O–H groups in total. The number of fused-ring (bicyclic) bond motifs is 1. The summed E-state index contributed by atoms with van der Waals surface area (Å²) in [5, 5.41) is 14.1. The zero-order valence-electron chi connectivity index (χ0n) is 13.3. The summed E-state index contributed by atoms with van der Waals surface area (Å²) in [5.74, 6) is -0.252. The second-order valence-electron chi connectivity index (χ2n) is 5.69. The van der Waals surface area contributed by atoms with E-state index < -0.39 is 0 Å². The van der Waals surface area contributed by atoms with Crippen molar-refractivity contribution in [1.82, 2.24) is 5.43 Å². The summed E-state index contributed by atoms with van der Waals surface area (Å²) in [7, 11) is 1.55. The maximum Gasteiger partial charge on any atom is 0.271 e. The molecule has 2 aromatic carbocycles. The summed E-state index contributed by atoms with van der Waals surface area (Å²) in [6, 6.07) is 9.14. The van der Waals surface area contributed by atoms with Gasteiger partial charge in [0.2, 0.25) is 0 Å². The van der Waals surface area contributed by atoms with Gasteiger partial charge in [0.05, 0.1) is 12.8 Å². The zero-order chi connectivity index (χ0) is 17.3. The van der Waals surface area contributed by atoms with E-state index in [4.69, 9.17) is 4.74 Å². The lowest BCUT2D eigenvalue weighted by atomic mass is 10.0. The molecule has 124 valence electrons. The van der Waals surface area contributed by atoms with Crippen molar-refractivity contribution >= 4 is 11.6 Å². The van der Waals surface area contributed by atoms with E-state index in [2.05, 4.69) is 10.5 Å². The van der Waals surface area contributed by atoms with Crippen molar-refractivity contribution in [2.45, 2.75) is 19.3 Å². The molecule has 24 heavy (non-hydrogen) atoms. The van der Waals surface area contributed by atoms with E-state index in [0.717, 1.165) is 0 Å². The highest BCUT2D eigenvalue weighted by Gasteiger charge is 2.30. The van der Waals surface area contributed by atoms with Gasteiger partial charge in [0, 0.05) is 16.7 Å². The van der Waals surface area contributed by atoms with Crippen LogP contribution in [0.25, 0.3) is 0 Å². The van der Waals surface area contributed by atoms with Crippen LogP contribution < -0.4 is 10.2 Å². The van der Waals surface area contributed by atoms with Gasteiger partial charge in [-0.2, -0.15) is 5.10 Å². The molecule has 6 heteroatoms. The molecule has 0 aliphatic heterocycles. The summed E-state index contributed by atoms with van der Waals surface area (Å²) in [4.78, 5) is 12.2. The Balaban J connectivity index is 1.84. The SMILES string of the molecule is COc1ccc(C(=O)N/N=C2\C[C@H](C)c3c(F)ccc(O)c32)cc1. The molecule has 1 aliphatic rings. The third-order valence-corrected chi connectivity index (χ3v) is 4.10. The maximum absolute atomic E-state index is 14.0. The first-order chi connectivity index (χ1) is 11.5. The fourth-order valence-corrected chi connectivity index (χ4v) is 2.89. The molecule has 0 spiro atoms. The van der Waals surface area contributed by atoms with E-state index >= 15 is 0 Å². The minimum Gasteiger partial charge on any atom is -0.507 e. The fraction of sp³-hybridized carbons (Fsp3) is 0.222. The first-order valence-corrected chi connectivity index (χ1v) is 7.54. The first-order valence-electron chi connectivity index (χ1n) is 7.54. The van der Waals surface area contributed by atoms with Crippen molar-refractivity contribution in [3.63, 3.8) is 0 Å². The molecular formula is C18H17FN2O3. The number of phenolic OH excluding ortho intramolecular Hbond substituents is 1. The quantitative estimate of drug-likeness (QED) is 0.850. The van der Waals surface area contributed by atoms with Gasteiger partial charge in [0.25, 0.3) is 5.91 Å². The van der Waals surface area contributed by atoms with E-state index in [1.165, 1.54) is 12.1 Å². The summed E-state index contributed by atoms with van der Waals surface area (Å²) < 4.78 is 19.0. The second-order valence-corrected chi connectivity index (χ2v) is 5.69. The van der Waals surface area contributed by atoms with Crippen LogP contribution in [-0.4, -0.2) is 23.8 Å². The number of rotatable bonds is 3. The van der Waals surface area contributed by atoms with E-state index in [9.17, 15) is 14.3 Å². The first kappa shape index (κ1) is 16.0. The summed E-state index contributed by atoms with van der Waals surface area (Å²) in [6.45, 7) is 1.86. The van der Waals surface area contributed by atoms with E-state index in [0.29, 0.717) is 34.6 Å². The highest BCUT2D eigenvalue weighted by molar-refractivity contribution is 6.08. The zero-order valence-corrected chi connectivity index (χ0v) is 13.3. The number of carbonyl (C=O) groups excluding carboxylic acids is 1. The number of aromatic hydroxyl groups is 1. The highest BCUT2D eigenvalue weighted by atomic mass is 19.1.